The minimum atomic E-state index is -0.341. The van der Waals surface area contributed by atoms with Crippen LogP contribution in [0.5, 0.6) is 11.5 Å². The molecule has 6 nitrogen and oxygen atoms in total. The van der Waals surface area contributed by atoms with Crippen LogP contribution in [0, 0.1) is 0 Å². The molecule has 1 aromatic heterocycles. The zero-order valence-corrected chi connectivity index (χ0v) is 15.5. The summed E-state index contributed by atoms with van der Waals surface area (Å²) in [6, 6.07) is 16.2. The second kappa shape index (κ2) is 8.95. The summed E-state index contributed by atoms with van der Waals surface area (Å²) in [5.74, 6) is 0.617. The summed E-state index contributed by atoms with van der Waals surface area (Å²) in [6.45, 7) is 2.08. The number of amides is 1. The third-order valence-electron chi connectivity index (χ3n) is 3.48. The summed E-state index contributed by atoms with van der Waals surface area (Å²) >= 11 is 1.26. The van der Waals surface area contributed by atoms with Gasteiger partial charge in [-0.2, -0.15) is 0 Å². The highest BCUT2D eigenvalue weighted by molar-refractivity contribution is 7.14. The van der Waals surface area contributed by atoms with E-state index in [2.05, 4.69) is 10.3 Å². The van der Waals surface area contributed by atoms with E-state index in [1.807, 2.05) is 30.3 Å². The van der Waals surface area contributed by atoms with Crippen molar-refractivity contribution in [1.82, 2.24) is 4.98 Å². The van der Waals surface area contributed by atoms with Gasteiger partial charge < -0.3 is 9.47 Å². The van der Waals surface area contributed by atoms with E-state index in [1.165, 1.54) is 11.3 Å². The highest BCUT2D eigenvalue weighted by Gasteiger charge is 2.12. The van der Waals surface area contributed by atoms with Crippen molar-refractivity contribution < 1.29 is 19.1 Å². The highest BCUT2D eigenvalue weighted by atomic mass is 32.1. The van der Waals surface area contributed by atoms with Gasteiger partial charge in [-0.3, -0.25) is 14.9 Å². The van der Waals surface area contributed by atoms with Gasteiger partial charge in [-0.1, -0.05) is 24.3 Å². The summed E-state index contributed by atoms with van der Waals surface area (Å²) in [5.41, 5.74) is 1.01. The minimum Gasteiger partial charge on any atom is -0.466 e. The number of anilines is 1. The highest BCUT2D eigenvalue weighted by Crippen LogP contribution is 2.23. The van der Waals surface area contributed by atoms with Crippen molar-refractivity contribution in [3.05, 3.63) is 71.2 Å². The van der Waals surface area contributed by atoms with Gasteiger partial charge in [0.2, 0.25) is 0 Å². The molecule has 0 aliphatic carbocycles. The second-order valence-electron chi connectivity index (χ2n) is 5.52. The molecule has 1 amide bonds. The molecule has 1 heterocycles. The Bertz CT molecular complexity index is 924. The first-order valence-corrected chi connectivity index (χ1v) is 9.26. The smallest absolute Gasteiger partial charge is 0.311 e. The number of ether oxygens (including phenoxy) is 2. The van der Waals surface area contributed by atoms with Crippen molar-refractivity contribution in [2.75, 3.05) is 11.9 Å². The Balaban J connectivity index is 1.64. The number of esters is 1. The van der Waals surface area contributed by atoms with Crippen molar-refractivity contribution in [2.45, 2.75) is 13.3 Å². The number of para-hydroxylation sites is 1. The van der Waals surface area contributed by atoms with Crippen LogP contribution in [0.25, 0.3) is 0 Å². The summed E-state index contributed by atoms with van der Waals surface area (Å²) in [5, 5.41) is 4.88. The SMILES string of the molecule is CCOC(=O)Cc1csc(NC(=O)c2cccc(Oc3ccccc3)c2)n1. The predicted octanol–water partition coefficient (Wildman–Crippen LogP) is 4.29. The quantitative estimate of drug-likeness (QED) is 0.617. The average Bonchev–Trinajstić information content (AvgIpc) is 3.09. The van der Waals surface area contributed by atoms with E-state index in [0.29, 0.717) is 34.5 Å². The maximum absolute atomic E-state index is 12.5. The molecular weight excluding hydrogens is 364 g/mol. The van der Waals surface area contributed by atoms with Crippen LogP contribution < -0.4 is 10.1 Å². The van der Waals surface area contributed by atoms with Gasteiger partial charge in [-0.05, 0) is 37.3 Å². The number of hydrogen-bond donors (Lipinski definition) is 1. The van der Waals surface area contributed by atoms with Crippen LogP contribution in [0.4, 0.5) is 5.13 Å². The molecule has 3 aromatic rings. The molecule has 1 N–H and O–H groups in total. The lowest BCUT2D eigenvalue weighted by atomic mass is 10.2. The number of hydrogen-bond acceptors (Lipinski definition) is 6. The monoisotopic (exact) mass is 382 g/mol. The van der Waals surface area contributed by atoms with Crippen molar-refractivity contribution >= 4 is 28.3 Å². The van der Waals surface area contributed by atoms with E-state index in [4.69, 9.17) is 9.47 Å². The van der Waals surface area contributed by atoms with Gasteiger partial charge in [0.15, 0.2) is 5.13 Å². The molecule has 0 aliphatic heterocycles. The lowest BCUT2D eigenvalue weighted by molar-refractivity contribution is -0.142. The topological polar surface area (TPSA) is 77.5 Å². The maximum Gasteiger partial charge on any atom is 0.311 e. The molecule has 0 unspecified atom stereocenters. The van der Waals surface area contributed by atoms with E-state index in [-0.39, 0.29) is 18.3 Å². The molecule has 0 spiro atoms. The second-order valence-corrected chi connectivity index (χ2v) is 6.38. The van der Waals surface area contributed by atoms with Gasteiger partial charge in [-0.15, -0.1) is 11.3 Å². The first-order valence-electron chi connectivity index (χ1n) is 8.38. The van der Waals surface area contributed by atoms with E-state index in [0.717, 1.165) is 0 Å². The molecule has 2 aromatic carbocycles. The Hall–Kier alpha value is -3.19. The van der Waals surface area contributed by atoms with Gasteiger partial charge in [0.05, 0.1) is 18.7 Å². The number of thiazole rings is 1. The molecule has 0 bridgehead atoms. The van der Waals surface area contributed by atoms with Gasteiger partial charge in [0.25, 0.3) is 5.91 Å². The van der Waals surface area contributed by atoms with Crippen LogP contribution >= 0.6 is 11.3 Å². The first-order chi connectivity index (χ1) is 13.1. The third-order valence-corrected chi connectivity index (χ3v) is 4.28. The zero-order chi connectivity index (χ0) is 19.1. The Morgan fingerprint density at radius 2 is 1.85 bits per heavy atom. The van der Waals surface area contributed by atoms with Crippen LogP contribution in [0.2, 0.25) is 0 Å². The number of nitrogens with zero attached hydrogens (tertiary/aromatic N) is 1. The summed E-state index contributed by atoms with van der Waals surface area (Å²) in [4.78, 5) is 28.2. The Morgan fingerprint density at radius 3 is 2.63 bits per heavy atom. The van der Waals surface area contributed by atoms with Crippen LogP contribution in [0.1, 0.15) is 23.0 Å². The molecular formula is C20H18N2O4S. The lowest BCUT2D eigenvalue weighted by Crippen LogP contribution is -2.12. The molecule has 27 heavy (non-hydrogen) atoms. The number of carbonyl (C=O) groups excluding carboxylic acids is 2. The Morgan fingerprint density at radius 1 is 1.07 bits per heavy atom. The number of rotatable bonds is 7. The van der Waals surface area contributed by atoms with Crippen LogP contribution in [-0.4, -0.2) is 23.5 Å². The largest absolute Gasteiger partial charge is 0.466 e. The number of carbonyl (C=O) groups is 2. The molecule has 3 rings (SSSR count). The van der Waals surface area contributed by atoms with Gasteiger partial charge in [-0.25, -0.2) is 4.98 Å². The number of aromatic nitrogens is 1. The minimum absolute atomic E-state index is 0.0839. The molecule has 0 saturated heterocycles. The molecule has 0 radical (unpaired) electrons. The Labute approximate surface area is 160 Å². The summed E-state index contributed by atoms with van der Waals surface area (Å²) in [7, 11) is 0. The fraction of sp³-hybridized carbons (Fsp3) is 0.150. The van der Waals surface area contributed by atoms with Crippen LogP contribution in [0.15, 0.2) is 60.0 Å². The zero-order valence-electron chi connectivity index (χ0n) is 14.7. The molecule has 0 aliphatic rings. The van der Waals surface area contributed by atoms with E-state index in [1.54, 1.807) is 36.6 Å². The van der Waals surface area contributed by atoms with Gasteiger partial charge in [0, 0.05) is 10.9 Å². The maximum atomic E-state index is 12.5. The van der Waals surface area contributed by atoms with Crippen molar-refractivity contribution in [2.24, 2.45) is 0 Å². The standard InChI is InChI=1S/C20H18N2O4S/c1-2-25-18(23)12-15-13-27-20(21-15)22-19(24)14-7-6-10-17(11-14)26-16-8-4-3-5-9-16/h3-11,13H,2,12H2,1H3,(H,21,22,24). The molecule has 0 atom stereocenters. The molecule has 138 valence electrons. The fourth-order valence-electron chi connectivity index (χ4n) is 2.30. The van der Waals surface area contributed by atoms with Crippen molar-refractivity contribution in [1.29, 1.82) is 0 Å². The third kappa shape index (κ3) is 5.39. The normalized spacial score (nSPS) is 10.3. The van der Waals surface area contributed by atoms with Crippen molar-refractivity contribution in [3.8, 4) is 11.5 Å². The van der Waals surface area contributed by atoms with Gasteiger partial charge in [0.1, 0.15) is 11.5 Å². The molecule has 0 fully saturated rings. The van der Waals surface area contributed by atoms with Crippen LogP contribution in [-0.2, 0) is 16.0 Å². The summed E-state index contributed by atoms with van der Waals surface area (Å²) < 4.78 is 10.6. The number of benzene rings is 2. The van der Waals surface area contributed by atoms with E-state index >= 15 is 0 Å². The lowest BCUT2D eigenvalue weighted by Gasteiger charge is -2.07. The molecule has 0 saturated carbocycles. The Kier molecular flexibility index (Phi) is 6.17. The van der Waals surface area contributed by atoms with Crippen LogP contribution in [0.3, 0.4) is 0 Å². The van der Waals surface area contributed by atoms with Gasteiger partial charge >= 0.3 is 5.97 Å². The summed E-state index contributed by atoms with van der Waals surface area (Å²) in [6.07, 6.45) is 0.0839. The first kappa shape index (κ1) is 18.6. The average molecular weight is 382 g/mol. The number of nitrogens with one attached hydrogen (secondary N) is 1. The molecule has 7 heteroatoms. The van der Waals surface area contributed by atoms with Crippen molar-refractivity contribution in [3.63, 3.8) is 0 Å². The van der Waals surface area contributed by atoms with E-state index < -0.39 is 0 Å². The fourth-order valence-corrected chi connectivity index (χ4v) is 3.01. The van der Waals surface area contributed by atoms with E-state index in [9.17, 15) is 9.59 Å². The predicted molar refractivity (Wildman–Crippen MR) is 103 cm³/mol.